The first kappa shape index (κ1) is 17.9. The van der Waals surface area contributed by atoms with Gasteiger partial charge in [0.2, 0.25) is 0 Å². The molecular weight excluding hydrogens is 331 g/mol. The maximum absolute atomic E-state index is 12.8. The molecule has 2 aromatic rings. The molecule has 0 bridgehead atoms. The molecule has 1 heterocycles. The number of carbonyl (C=O) groups is 2. The van der Waals surface area contributed by atoms with Gasteiger partial charge < -0.3 is 4.74 Å². The van der Waals surface area contributed by atoms with Crippen LogP contribution < -0.4 is 15.6 Å². The van der Waals surface area contributed by atoms with Crippen LogP contribution in [-0.4, -0.2) is 17.9 Å². The van der Waals surface area contributed by atoms with Gasteiger partial charge >= 0.3 is 0 Å². The Bertz CT molecular complexity index is 728. The number of thiophene rings is 1. The lowest BCUT2D eigenvalue weighted by molar-refractivity contribution is -0.128. The van der Waals surface area contributed by atoms with Crippen LogP contribution in [0.3, 0.4) is 0 Å². The third kappa shape index (κ3) is 4.55. The quantitative estimate of drug-likeness (QED) is 0.815. The molecule has 1 atom stereocenters. The van der Waals surface area contributed by atoms with E-state index in [2.05, 4.69) is 10.9 Å². The van der Waals surface area contributed by atoms with Gasteiger partial charge in [0.15, 0.2) is 6.10 Å². The summed E-state index contributed by atoms with van der Waals surface area (Å²) in [6.07, 6.45) is 0.0110. The molecule has 0 saturated heterocycles. The summed E-state index contributed by atoms with van der Waals surface area (Å²) in [6, 6.07) is 7.16. The molecule has 0 spiro atoms. The fourth-order valence-electron chi connectivity index (χ4n) is 2.04. The van der Waals surface area contributed by atoms with E-state index in [1.165, 1.54) is 42.5 Å². The number of rotatable bonds is 5. The number of halogens is 1. The van der Waals surface area contributed by atoms with Crippen LogP contribution in [0.2, 0.25) is 0 Å². The first-order valence-electron chi connectivity index (χ1n) is 7.52. The number of nitrogens with one attached hydrogen (secondary N) is 2. The lowest BCUT2D eigenvalue weighted by Gasteiger charge is -2.14. The molecule has 0 aliphatic heterocycles. The van der Waals surface area contributed by atoms with Crippen molar-refractivity contribution in [3.8, 4) is 5.75 Å². The van der Waals surface area contributed by atoms with Gasteiger partial charge in [-0.1, -0.05) is 6.92 Å². The van der Waals surface area contributed by atoms with E-state index in [0.29, 0.717) is 10.6 Å². The zero-order valence-corrected chi connectivity index (χ0v) is 14.5. The number of aryl methyl sites for hydroxylation is 2. The van der Waals surface area contributed by atoms with Gasteiger partial charge in [-0.05, 0) is 56.2 Å². The fourth-order valence-corrected chi connectivity index (χ4v) is 3.04. The third-order valence-corrected chi connectivity index (χ3v) is 4.51. The van der Waals surface area contributed by atoms with Crippen LogP contribution in [0.4, 0.5) is 4.39 Å². The third-order valence-electron chi connectivity index (χ3n) is 3.42. The van der Waals surface area contributed by atoms with Crippen LogP contribution >= 0.6 is 11.3 Å². The molecule has 1 unspecified atom stereocenters. The topological polar surface area (TPSA) is 67.4 Å². The second-order valence-electron chi connectivity index (χ2n) is 5.20. The molecule has 2 N–H and O–H groups in total. The van der Waals surface area contributed by atoms with Gasteiger partial charge in [0, 0.05) is 4.88 Å². The number of hydrogen-bond donors (Lipinski definition) is 2. The Balaban J connectivity index is 1.87. The highest BCUT2D eigenvalue weighted by Gasteiger charge is 2.17. The van der Waals surface area contributed by atoms with Crippen molar-refractivity contribution in [2.75, 3.05) is 0 Å². The predicted molar refractivity (Wildman–Crippen MR) is 90.5 cm³/mol. The van der Waals surface area contributed by atoms with Crippen LogP contribution in [0.5, 0.6) is 5.75 Å². The second-order valence-corrected chi connectivity index (χ2v) is 6.46. The summed E-state index contributed by atoms with van der Waals surface area (Å²) in [5.41, 5.74) is 5.81. The average molecular weight is 350 g/mol. The van der Waals surface area contributed by atoms with Crippen LogP contribution in [-0.2, 0) is 11.2 Å². The van der Waals surface area contributed by atoms with Crippen molar-refractivity contribution >= 4 is 23.2 Å². The zero-order valence-electron chi connectivity index (χ0n) is 13.7. The van der Waals surface area contributed by atoms with E-state index < -0.39 is 12.0 Å². The summed E-state index contributed by atoms with van der Waals surface area (Å²) >= 11 is 1.38. The van der Waals surface area contributed by atoms with Gasteiger partial charge in [-0.2, -0.15) is 0 Å². The zero-order chi connectivity index (χ0) is 17.7. The SMILES string of the molecule is CCc1cc(C(=O)NNC(=O)C(C)Oc2ccc(F)cc2)sc1C. The van der Waals surface area contributed by atoms with Crippen LogP contribution in [0, 0.1) is 12.7 Å². The summed E-state index contributed by atoms with van der Waals surface area (Å²) in [4.78, 5) is 25.6. The molecule has 0 fully saturated rings. The van der Waals surface area contributed by atoms with Gasteiger partial charge in [-0.15, -0.1) is 11.3 Å². The van der Waals surface area contributed by atoms with Crippen molar-refractivity contribution in [1.82, 2.24) is 10.9 Å². The van der Waals surface area contributed by atoms with E-state index in [-0.39, 0.29) is 11.7 Å². The summed E-state index contributed by atoms with van der Waals surface area (Å²) in [5, 5.41) is 0. The molecule has 2 amide bonds. The molecule has 5 nitrogen and oxygen atoms in total. The molecule has 128 valence electrons. The molecule has 0 saturated carbocycles. The molecule has 1 aromatic heterocycles. The Labute approximate surface area is 143 Å². The second kappa shape index (κ2) is 7.92. The van der Waals surface area contributed by atoms with E-state index in [1.54, 1.807) is 0 Å². The van der Waals surface area contributed by atoms with Crippen molar-refractivity contribution in [3.63, 3.8) is 0 Å². The predicted octanol–water partition coefficient (Wildman–Crippen LogP) is 2.99. The monoisotopic (exact) mass is 350 g/mol. The Kier molecular flexibility index (Phi) is 5.92. The maximum atomic E-state index is 12.8. The van der Waals surface area contributed by atoms with Gasteiger partial charge in [-0.3, -0.25) is 20.4 Å². The molecule has 0 aliphatic carbocycles. The molecule has 0 aliphatic rings. The fraction of sp³-hybridized carbons (Fsp3) is 0.294. The van der Waals surface area contributed by atoms with Crippen LogP contribution in [0.25, 0.3) is 0 Å². The minimum absolute atomic E-state index is 0.367. The Morgan fingerprint density at radius 2 is 1.92 bits per heavy atom. The van der Waals surface area contributed by atoms with Crippen molar-refractivity contribution in [1.29, 1.82) is 0 Å². The summed E-state index contributed by atoms with van der Waals surface area (Å²) in [6.45, 7) is 5.51. The van der Waals surface area contributed by atoms with Crippen LogP contribution in [0.15, 0.2) is 30.3 Å². The highest BCUT2D eigenvalue weighted by Crippen LogP contribution is 2.21. The number of hydrazine groups is 1. The van der Waals surface area contributed by atoms with Crippen LogP contribution in [0.1, 0.15) is 34.0 Å². The number of carbonyl (C=O) groups excluding carboxylic acids is 2. The number of benzene rings is 1. The highest BCUT2D eigenvalue weighted by molar-refractivity contribution is 7.14. The Morgan fingerprint density at radius 3 is 2.50 bits per heavy atom. The molecule has 1 aromatic carbocycles. The Hall–Kier alpha value is -2.41. The standard InChI is InChI=1S/C17H19FN2O3S/c1-4-12-9-15(24-11(12)3)17(22)20-19-16(21)10(2)23-14-7-5-13(18)6-8-14/h5-10H,4H2,1-3H3,(H,19,21)(H,20,22). The van der Waals surface area contributed by atoms with Crippen molar-refractivity contribution in [2.45, 2.75) is 33.3 Å². The molecule has 24 heavy (non-hydrogen) atoms. The van der Waals surface area contributed by atoms with E-state index in [1.807, 2.05) is 19.9 Å². The van der Waals surface area contributed by atoms with E-state index in [9.17, 15) is 14.0 Å². The molecule has 2 rings (SSSR count). The number of ether oxygens (including phenoxy) is 1. The van der Waals surface area contributed by atoms with E-state index in [4.69, 9.17) is 4.74 Å². The smallest absolute Gasteiger partial charge is 0.279 e. The average Bonchev–Trinajstić information content (AvgIpc) is 2.95. The highest BCUT2D eigenvalue weighted by atomic mass is 32.1. The van der Waals surface area contributed by atoms with Crippen molar-refractivity contribution < 1.29 is 18.7 Å². The summed E-state index contributed by atoms with van der Waals surface area (Å²) < 4.78 is 18.2. The van der Waals surface area contributed by atoms with Gasteiger partial charge in [-0.25, -0.2) is 4.39 Å². The lowest BCUT2D eigenvalue weighted by atomic mass is 10.2. The molecular formula is C17H19FN2O3S. The maximum Gasteiger partial charge on any atom is 0.279 e. The summed E-state index contributed by atoms with van der Waals surface area (Å²) in [5.74, 6) is -0.891. The van der Waals surface area contributed by atoms with Crippen molar-refractivity contribution in [3.05, 3.63) is 51.5 Å². The van der Waals surface area contributed by atoms with Gasteiger partial charge in [0.1, 0.15) is 11.6 Å². The largest absolute Gasteiger partial charge is 0.481 e. The Morgan fingerprint density at radius 1 is 1.25 bits per heavy atom. The lowest BCUT2D eigenvalue weighted by Crippen LogP contribution is -2.47. The minimum Gasteiger partial charge on any atom is -0.481 e. The van der Waals surface area contributed by atoms with Crippen molar-refractivity contribution in [2.24, 2.45) is 0 Å². The number of hydrogen-bond acceptors (Lipinski definition) is 4. The number of amides is 2. The first-order chi connectivity index (χ1) is 11.4. The van der Waals surface area contributed by atoms with Gasteiger partial charge in [0.05, 0.1) is 4.88 Å². The van der Waals surface area contributed by atoms with E-state index in [0.717, 1.165) is 16.9 Å². The molecule has 7 heteroatoms. The van der Waals surface area contributed by atoms with Gasteiger partial charge in [0.25, 0.3) is 11.8 Å². The van der Waals surface area contributed by atoms with E-state index >= 15 is 0 Å². The summed E-state index contributed by atoms with van der Waals surface area (Å²) in [7, 11) is 0. The normalized spacial score (nSPS) is 11.7. The molecule has 0 radical (unpaired) electrons. The first-order valence-corrected chi connectivity index (χ1v) is 8.34. The minimum atomic E-state index is -0.841.